The molecule has 1 heterocycles. The van der Waals surface area contributed by atoms with Gasteiger partial charge in [0.25, 0.3) is 11.8 Å². The Morgan fingerprint density at radius 2 is 1.38 bits per heavy atom. The number of anilines is 2. The number of para-hydroxylation sites is 2. The second-order valence-electron chi connectivity index (χ2n) is 6.08. The van der Waals surface area contributed by atoms with Gasteiger partial charge in [-0.05, 0) is 43.5 Å². The lowest BCUT2D eigenvalue weighted by atomic mass is 9.84. The third kappa shape index (κ3) is 2.31. The van der Waals surface area contributed by atoms with E-state index in [-0.39, 0.29) is 17.7 Å². The third-order valence-electron chi connectivity index (χ3n) is 4.58. The summed E-state index contributed by atoms with van der Waals surface area (Å²) in [6, 6.07) is 18.7. The van der Waals surface area contributed by atoms with E-state index in [4.69, 9.17) is 0 Å². The predicted octanol–water partition coefficient (Wildman–Crippen LogP) is 3.71. The van der Waals surface area contributed by atoms with Crippen LogP contribution in [0.3, 0.4) is 0 Å². The molecule has 0 aromatic heterocycles. The van der Waals surface area contributed by atoms with Crippen molar-refractivity contribution in [3.8, 4) is 0 Å². The summed E-state index contributed by atoms with van der Waals surface area (Å²) in [4.78, 5) is 26.3. The van der Waals surface area contributed by atoms with Crippen LogP contribution < -0.4 is 10.0 Å². The van der Waals surface area contributed by atoms with E-state index in [0.29, 0.717) is 16.9 Å². The molecule has 1 aliphatic carbocycles. The smallest absolute Gasteiger partial charge is 0.272 e. The fraction of sp³-hybridized carbons (Fsp3) is 0.200. The van der Waals surface area contributed by atoms with Gasteiger partial charge in [-0.3, -0.25) is 9.59 Å². The number of amides is 2. The topological polar surface area (TPSA) is 40.6 Å². The van der Waals surface area contributed by atoms with E-state index in [1.807, 2.05) is 66.7 Å². The van der Waals surface area contributed by atoms with Crippen molar-refractivity contribution in [3.05, 3.63) is 72.3 Å². The largest absolute Gasteiger partial charge is 0.273 e. The van der Waals surface area contributed by atoms with Gasteiger partial charge in [0.15, 0.2) is 0 Å². The minimum Gasteiger partial charge on any atom is -0.272 e. The lowest BCUT2D eigenvalue weighted by molar-refractivity contribution is -0.128. The first-order valence-corrected chi connectivity index (χ1v) is 8.26. The number of allylic oxidation sites excluding steroid dienone is 1. The van der Waals surface area contributed by atoms with Crippen molar-refractivity contribution in [3.63, 3.8) is 0 Å². The lowest BCUT2D eigenvalue weighted by Gasteiger charge is -2.43. The highest BCUT2D eigenvalue weighted by Gasteiger charge is 2.44. The monoisotopic (exact) mass is 318 g/mol. The molecule has 0 N–H and O–H groups in total. The molecule has 1 aliphatic heterocycles. The fourth-order valence-electron chi connectivity index (χ4n) is 3.44. The van der Waals surface area contributed by atoms with Gasteiger partial charge in [0, 0.05) is 5.57 Å². The van der Waals surface area contributed by atoms with E-state index in [1.165, 1.54) is 10.0 Å². The molecule has 4 heteroatoms. The molecule has 2 aromatic rings. The molecule has 2 amide bonds. The summed E-state index contributed by atoms with van der Waals surface area (Å²) < 4.78 is 0. The van der Waals surface area contributed by atoms with Crippen molar-refractivity contribution in [2.75, 3.05) is 10.0 Å². The zero-order chi connectivity index (χ0) is 16.5. The molecule has 4 nitrogen and oxygen atoms in total. The van der Waals surface area contributed by atoms with E-state index in [0.717, 1.165) is 19.3 Å². The van der Waals surface area contributed by atoms with Crippen LogP contribution in [0.5, 0.6) is 0 Å². The van der Waals surface area contributed by atoms with Crippen LogP contribution >= 0.6 is 0 Å². The molecule has 1 unspecified atom stereocenters. The van der Waals surface area contributed by atoms with E-state index in [9.17, 15) is 9.59 Å². The summed E-state index contributed by atoms with van der Waals surface area (Å²) in [6.07, 6.45) is 4.48. The molecule has 0 saturated carbocycles. The van der Waals surface area contributed by atoms with Crippen LogP contribution in [-0.4, -0.2) is 11.8 Å². The maximum absolute atomic E-state index is 13.2. The Labute approximate surface area is 141 Å². The number of nitrogens with zero attached hydrogens (tertiary/aromatic N) is 2. The Kier molecular flexibility index (Phi) is 3.65. The van der Waals surface area contributed by atoms with Gasteiger partial charge in [-0.25, -0.2) is 10.0 Å². The molecule has 4 rings (SSSR count). The van der Waals surface area contributed by atoms with Crippen molar-refractivity contribution in [2.45, 2.75) is 19.3 Å². The maximum atomic E-state index is 13.2. The molecule has 1 saturated heterocycles. The SMILES string of the molecule is O=C1C2=CCCCC2C(=O)N(c2ccccc2)N1c1ccccc1. The van der Waals surface area contributed by atoms with Gasteiger partial charge in [0.05, 0.1) is 17.3 Å². The van der Waals surface area contributed by atoms with Gasteiger partial charge in [0.1, 0.15) is 0 Å². The number of carbonyl (C=O) groups is 2. The highest BCUT2D eigenvalue weighted by atomic mass is 16.2. The Morgan fingerprint density at radius 3 is 2.00 bits per heavy atom. The van der Waals surface area contributed by atoms with Gasteiger partial charge in [-0.1, -0.05) is 42.5 Å². The number of hydrogen-bond acceptors (Lipinski definition) is 2. The van der Waals surface area contributed by atoms with Crippen LogP contribution in [0.15, 0.2) is 72.3 Å². The second kappa shape index (κ2) is 5.96. The first-order chi connectivity index (χ1) is 11.8. The zero-order valence-electron chi connectivity index (χ0n) is 13.3. The van der Waals surface area contributed by atoms with Crippen molar-refractivity contribution in [2.24, 2.45) is 5.92 Å². The number of hydrogen-bond donors (Lipinski definition) is 0. The zero-order valence-corrected chi connectivity index (χ0v) is 13.3. The molecule has 1 atom stereocenters. The molecule has 0 spiro atoms. The predicted molar refractivity (Wildman–Crippen MR) is 93.3 cm³/mol. The number of benzene rings is 2. The van der Waals surface area contributed by atoms with E-state index >= 15 is 0 Å². The van der Waals surface area contributed by atoms with Crippen molar-refractivity contribution >= 4 is 23.2 Å². The first-order valence-electron chi connectivity index (χ1n) is 8.26. The van der Waals surface area contributed by atoms with E-state index in [2.05, 4.69) is 0 Å². The number of rotatable bonds is 2. The summed E-state index contributed by atoms with van der Waals surface area (Å²) in [7, 11) is 0. The number of hydrazine groups is 1. The lowest BCUT2D eigenvalue weighted by Crippen LogP contribution is -2.59. The fourth-order valence-corrected chi connectivity index (χ4v) is 3.44. The quantitative estimate of drug-likeness (QED) is 0.847. The Bertz CT molecular complexity index is 799. The van der Waals surface area contributed by atoms with Crippen molar-refractivity contribution < 1.29 is 9.59 Å². The molecule has 24 heavy (non-hydrogen) atoms. The second-order valence-corrected chi connectivity index (χ2v) is 6.08. The number of fused-ring (bicyclic) bond motifs is 1. The highest BCUT2D eigenvalue weighted by Crippen LogP contribution is 2.37. The van der Waals surface area contributed by atoms with Crippen LogP contribution in [0, 0.1) is 5.92 Å². The third-order valence-corrected chi connectivity index (χ3v) is 4.58. The molecular formula is C20H18N2O2. The average Bonchev–Trinajstić information content (AvgIpc) is 2.66. The van der Waals surface area contributed by atoms with Crippen molar-refractivity contribution in [1.29, 1.82) is 0 Å². The highest BCUT2D eigenvalue weighted by molar-refractivity contribution is 6.20. The van der Waals surface area contributed by atoms with Crippen LogP contribution in [0.25, 0.3) is 0 Å². The molecule has 2 aliphatic rings. The Balaban J connectivity index is 1.87. The minimum absolute atomic E-state index is 0.0318. The van der Waals surface area contributed by atoms with Gasteiger partial charge in [0.2, 0.25) is 0 Å². The molecule has 120 valence electrons. The molecule has 2 aromatic carbocycles. The van der Waals surface area contributed by atoms with Crippen LogP contribution in [0.1, 0.15) is 19.3 Å². The minimum atomic E-state index is -0.327. The van der Waals surface area contributed by atoms with Crippen LogP contribution in [-0.2, 0) is 9.59 Å². The first kappa shape index (κ1) is 14.7. The Morgan fingerprint density at radius 1 is 0.792 bits per heavy atom. The van der Waals surface area contributed by atoms with Gasteiger partial charge < -0.3 is 0 Å². The summed E-state index contributed by atoms with van der Waals surface area (Å²) in [5.41, 5.74) is 2.05. The normalized spacial score (nSPS) is 20.7. The summed E-state index contributed by atoms with van der Waals surface area (Å²) >= 11 is 0. The van der Waals surface area contributed by atoms with Crippen LogP contribution in [0.4, 0.5) is 11.4 Å². The van der Waals surface area contributed by atoms with Crippen LogP contribution in [0.2, 0.25) is 0 Å². The maximum Gasteiger partial charge on any atom is 0.273 e. The van der Waals surface area contributed by atoms with Gasteiger partial charge in [-0.15, -0.1) is 0 Å². The molecule has 0 bridgehead atoms. The molecule has 0 radical (unpaired) electrons. The van der Waals surface area contributed by atoms with Crippen molar-refractivity contribution in [1.82, 2.24) is 0 Å². The average molecular weight is 318 g/mol. The molecular weight excluding hydrogens is 300 g/mol. The van der Waals surface area contributed by atoms with Gasteiger partial charge >= 0.3 is 0 Å². The van der Waals surface area contributed by atoms with Gasteiger partial charge in [-0.2, -0.15) is 0 Å². The Hall–Kier alpha value is -2.88. The summed E-state index contributed by atoms with van der Waals surface area (Å²) in [5.74, 6) is -0.462. The molecule has 1 fully saturated rings. The van der Waals surface area contributed by atoms with E-state index < -0.39 is 0 Å². The van der Waals surface area contributed by atoms with E-state index in [1.54, 1.807) is 0 Å². The standard InChI is InChI=1S/C20H18N2O2/c23-19-17-13-7-8-14-18(17)20(24)22(16-11-5-2-6-12-16)21(19)15-9-3-1-4-10-15/h1-6,9-13,18H,7-8,14H2. The summed E-state index contributed by atoms with van der Waals surface area (Å²) in [6.45, 7) is 0. The number of carbonyl (C=O) groups excluding carboxylic acids is 2. The summed E-state index contributed by atoms with van der Waals surface area (Å²) in [5, 5.41) is 3.04.